The average molecular weight is 400 g/mol. The summed E-state index contributed by atoms with van der Waals surface area (Å²) in [7, 11) is 1.89. The van der Waals surface area contributed by atoms with Gasteiger partial charge in [-0.15, -0.1) is 22.4 Å². The lowest BCUT2D eigenvalue weighted by atomic mass is 9.38. The van der Waals surface area contributed by atoms with E-state index < -0.39 is 0 Å². The molecule has 1 nitrogen and oxygen atoms in total. The Balaban J connectivity index is 0.000000126. The summed E-state index contributed by atoms with van der Waals surface area (Å²) in [5.41, 5.74) is 0. The van der Waals surface area contributed by atoms with Crippen molar-refractivity contribution in [2.24, 2.45) is 0 Å². The number of rotatable bonds is 1. The van der Waals surface area contributed by atoms with Crippen LogP contribution in [0.15, 0.2) is 0 Å². The van der Waals surface area contributed by atoms with E-state index in [0.717, 1.165) is 27.8 Å². The Kier molecular flexibility index (Phi) is 6.41. The van der Waals surface area contributed by atoms with Crippen molar-refractivity contribution in [2.45, 2.75) is 100 Å². The minimum atomic E-state index is 0.623. The number of hydrogen-bond donors (Lipinski definition) is 0. The maximum atomic E-state index is 5.56. The molecule has 4 saturated heterocycles. The fraction of sp³-hybridized carbons (Fsp3) is 1.00. The highest BCUT2D eigenvalue weighted by Gasteiger charge is 2.40. The van der Waals surface area contributed by atoms with Crippen LogP contribution in [0.1, 0.15) is 77.0 Å². The van der Waals surface area contributed by atoms with Gasteiger partial charge in [0.05, 0.1) is 0 Å². The third kappa shape index (κ3) is 4.02. The zero-order chi connectivity index (χ0) is 14.7. The molecule has 118 valence electrons. The molecule has 4 fully saturated rings. The number of fused-ring (bicyclic) bond motifs is 4. The van der Waals surface area contributed by atoms with Crippen molar-refractivity contribution in [1.29, 1.82) is 0 Å². The Hall–Kier alpha value is 0.820. The van der Waals surface area contributed by atoms with E-state index in [1.54, 1.807) is 0 Å². The van der Waals surface area contributed by atoms with Crippen LogP contribution in [0.2, 0.25) is 23.3 Å². The first-order chi connectivity index (χ1) is 10.3. The van der Waals surface area contributed by atoms with Gasteiger partial charge in [-0.25, -0.2) is 0 Å². The lowest BCUT2D eigenvalue weighted by Crippen LogP contribution is -2.36. The van der Waals surface area contributed by atoms with Gasteiger partial charge in [-0.2, -0.15) is 0 Å². The molecule has 0 amide bonds. The van der Waals surface area contributed by atoms with Crippen LogP contribution in [0.4, 0.5) is 0 Å². The van der Waals surface area contributed by atoms with Gasteiger partial charge < -0.3 is 4.65 Å². The van der Waals surface area contributed by atoms with Gasteiger partial charge in [-0.3, -0.25) is 0 Å². The zero-order valence-corrected chi connectivity index (χ0v) is 15.9. The lowest BCUT2D eigenvalue weighted by Gasteiger charge is -2.38. The van der Waals surface area contributed by atoms with Crippen molar-refractivity contribution in [3.05, 3.63) is 0 Å². The Morgan fingerprint density at radius 3 is 1.24 bits per heavy atom. The van der Waals surface area contributed by atoms with E-state index in [9.17, 15) is 0 Å². The van der Waals surface area contributed by atoms with E-state index in [4.69, 9.17) is 4.65 Å². The zero-order valence-electron chi connectivity index (χ0n) is 13.7. The predicted molar refractivity (Wildman–Crippen MR) is 103 cm³/mol. The third-order valence-corrected chi connectivity index (χ3v) is 8.74. The Bertz CT molecular complexity index is 284. The first kappa shape index (κ1) is 16.7. The molecular weight excluding hydrogens is 369 g/mol. The van der Waals surface area contributed by atoms with Crippen LogP contribution >= 0.6 is 22.4 Å². The van der Waals surface area contributed by atoms with Crippen molar-refractivity contribution in [1.82, 2.24) is 0 Å². The second kappa shape index (κ2) is 8.08. The van der Waals surface area contributed by atoms with Gasteiger partial charge in [0.25, 0.3) is 6.92 Å². The largest absolute Gasteiger partial charge is 0.438 e. The molecule has 0 atom stereocenters. The molecule has 0 unspecified atom stereocenters. The topological polar surface area (TPSA) is 9.23 Å². The monoisotopic (exact) mass is 400 g/mol. The lowest BCUT2D eigenvalue weighted by molar-refractivity contribution is 0.326. The average Bonchev–Trinajstić information content (AvgIpc) is 2.46. The molecule has 4 aliphatic rings. The summed E-state index contributed by atoms with van der Waals surface area (Å²) in [4.78, 5) is 0. The number of hydrogen-bond acceptors (Lipinski definition) is 1. The highest BCUT2D eigenvalue weighted by atomic mass is 127. The fourth-order valence-corrected chi connectivity index (χ4v) is 7.03. The quantitative estimate of drug-likeness (QED) is 0.374. The second-order valence-corrected chi connectivity index (χ2v) is 9.35. The Labute approximate surface area is 145 Å². The minimum Gasteiger partial charge on any atom is -0.438 e. The van der Waals surface area contributed by atoms with Crippen LogP contribution in [0.3, 0.4) is 0 Å². The van der Waals surface area contributed by atoms with Crippen LogP contribution in [0.5, 0.6) is 0 Å². The third-order valence-electron chi connectivity index (χ3n) is 6.70. The molecule has 4 heteroatoms. The van der Waals surface area contributed by atoms with Crippen molar-refractivity contribution in [2.75, 3.05) is 7.11 Å². The summed E-state index contributed by atoms with van der Waals surface area (Å²) in [5.74, 6) is 4.03. The van der Waals surface area contributed by atoms with Gasteiger partial charge in [0.15, 0.2) is 0 Å². The van der Waals surface area contributed by atoms with Crippen LogP contribution in [0, 0.1) is 0 Å². The smallest absolute Gasteiger partial charge is 0.298 e. The molecular formula is C17H31B2IO. The maximum Gasteiger partial charge on any atom is 0.298 e. The summed E-state index contributed by atoms with van der Waals surface area (Å²) in [5, 5.41) is 0. The van der Waals surface area contributed by atoms with Crippen LogP contribution in [-0.4, -0.2) is 18.6 Å². The molecule has 21 heavy (non-hydrogen) atoms. The Morgan fingerprint density at radius 1 is 0.667 bits per heavy atom. The molecule has 0 saturated carbocycles. The molecule has 4 bridgehead atoms. The highest BCUT2D eigenvalue weighted by molar-refractivity contribution is 14.1. The molecule has 0 aromatic carbocycles. The van der Waals surface area contributed by atoms with Crippen LogP contribution in [0.25, 0.3) is 0 Å². The summed E-state index contributed by atoms with van der Waals surface area (Å²) >= 11 is 2.70. The molecule has 0 N–H and O–H groups in total. The van der Waals surface area contributed by atoms with Gasteiger partial charge >= 0.3 is 0 Å². The van der Waals surface area contributed by atoms with Gasteiger partial charge in [0.1, 0.15) is 0 Å². The molecule has 0 aliphatic carbocycles. The molecule has 4 aliphatic heterocycles. The predicted octanol–water partition coefficient (Wildman–Crippen LogP) is 6.25. The molecule has 4 heterocycles. The van der Waals surface area contributed by atoms with Gasteiger partial charge in [0.2, 0.25) is 4.57 Å². The fourth-order valence-electron chi connectivity index (χ4n) is 5.59. The first-order valence-electron chi connectivity index (χ1n) is 9.46. The van der Waals surface area contributed by atoms with Crippen LogP contribution in [-0.2, 0) is 4.65 Å². The normalized spacial score (nSPS) is 38.6. The van der Waals surface area contributed by atoms with Crippen molar-refractivity contribution in [3.63, 3.8) is 0 Å². The summed E-state index contributed by atoms with van der Waals surface area (Å²) in [6.45, 7) is 0.623. The van der Waals surface area contributed by atoms with Crippen molar-refractivity contribution < 1.29 is 4.65 Å². The molecule has 0 spiro atoms. The number of halogens is 1. The highest BCUT2D eigenvalue weighted by Crippen LogP contribution is 2.48. The second-order valence-electron chi connectivity index (χ2n) is 7.91. The van der Waals surface area contributed by atoms with Crippen molar-refractivity contribution >= 4 is 33.9 Å². The summed E-state index contributed by atoms with van der Waals surface area (Å²) in [6, 6.07) is 0. The van der Waals surface area contributed by atoms with E-state index in [1.165, 1.54) is 77.0 Å². The van der Waals surface area contributed by atoms with Crippen molar-refractivity contribution in [3.8, 4) is 0 Å². The first-order valence-corrected chi connectivity index (χ1v) is 10.7. The SMILES string of the molecule is COB1C2CCCC1CCC2.IB1C2CCCC1CCC2. The molecule has 0 radical (unpaired) electrons. The van der Waals surface area contributed by atoms with Gasteiger partial charge in [-0.05, 0) is 11.6 Å². The molecule has 0 aromatic rings. The van der Waals surface area contributed by atoms with Gasteiger partial charge in [0, 0.05) is 7.11 Å². The molecule has 4 rings (SSSR count). The van der Waals surface area contributed by atoms with E-state index in [0.29, 0.717) is 6.92 Å². The summed E-state index contributed by atoms with van der Waals surface area (Å²) in [6.07, 6.45) is 17.8. The van der Waals surface area contributed by atoms with Crippen LogP contribution < -0.4 is 0 Å². The van der Waals surface area contributed by atoms with E-state index >= 15 is 0 Å². The summed E-state index contributed by atoms with van der Waals surface area (Å²) < 4.78 is 6.60. The van der Waals surface area contributed by atoms with E-state index in [1.807, 2.05) is 7.11 Å². The standard InChI is InChI=1S/C9H17BO.C8H14BI/c1-11-10-8-4-2-5-9(10)7-3-6-8;10-9-7-3-1-4-8(9)6-2-5-7/h8-9H,2-7H2,1H3;7-8H,1-6H2. The van der Waals surface area contributed by atoms with Gasteiger partial charge in [-0.1, -0.05) is 88.7 Å². The van der Waals surface area contributed by atoms with E-state index in [-0.39, 0.29) is 0 Å². The molecule has 0 aromatic heterocycles. The maximum absolute atomic E-state index is 5.56. The van der Waals surface area contributed by atoms with E-state index in [2.05, 4.69) is 22.4 Å². The minimum absolute atomic E-state index is 0.623. The Morgan fingerprint density at radius 2 is 1.00 bits per heavy atom.